The van der Waals surface area contributed by atoms with Gasteiger partial charge in [-0.15, -0.1) is 0 Å². The van der Waals surface area contributed by atoms with Gasteiger partial charge >= 0.3 is 6.61 Å². The van der Waals surface area contributed by atoms with Crippen molar-refractivity contribution in [3.8, 4) is 5.75 Å². The molecule has 0 atom stereocenters. The van der Waals surface area contributed by atoms with Crippen LogP contribution < -0.4 is 4.74 Å². The molecule has 0 radical (unpaired) electrons. The van der Waals surface area contributed by atoms with Crippen molar-refractivity contribution < 1.29 is 18.3 Å². The van der Waals surface area contributed by atoms with Gasteiger partial charge in [-0.05, 0) is 36.4 Å². The lowest BCUT2D eigenvalue weighted by atomic mass is 10.0. The molecule has 2 aromatic carbocycles. The van der Waals surface area contributed by atoms with Gasteiger partial charge in [0.2, 0.25) is 0 Å². The van der Waals surface area contributed by atoms with E-state index in [1.165, 1.54) is 36.4 Å². The highest BCUT2D eigenvalue weighted by Gasteiger charge is 2.18. The van der Waals surface area contributed by atoms with E-state index < -0.39 is 12.4 Å². The summed E-state index contributed by atoms with van der Waals surface area (Å²) in [4.78, 5) is 12.3. The van der Waals surface area contributed by atoms with Crippen molar-refractivity contribution in [2.24, 2.45) is 0 Å². The summed E-state index contributed by atoms with van der Waals surface area (Å²) in [5.41, 5.74) is 0.341. The molecule has 0 unspecified atom stereocenters. The number of hydrogen-bond donors (Lipinski definition) is 0. The van der Waals surface area contributed by atoms with E-state index in [1.807, 2.05) is 0 Å². The van der Waals surface area contributed by atoms with Crippen LogP contribution >= 0.6 is 34.8 Å². The number of carbonyl (C=O) groups is 1. The van der Waals surface area contributed by atoms with Gasteiger partial charge in [0.05, 0.1) is 15.6 Å². The van der Waals surface area contributed by atoms with Crippen molar-refractivity contribution in [1.82, 2.24) is 0 Å². The number of hydrogen-bond acceptors (Lipinski definition) is 2. The number of halogens is 5. The Balaban J connectivity index is 2.32. The minimum atomic E-state index is -2.92. The van der Waals surface area contributed by atoms with E-state index in [1.54, 1.807) is 0 Å². The van der Waals surface area contributed by atoms with E-state index in [0.29, 0.717) is 5.02 Å². The van der Waals surface area contributed by atoms with E-state index in [-0.39, 0.29) is 26.9 Å². The Morgan fingerprint density at radius 3 is 2.00 bits per heavy atom. The third-order valence-corrected chi connectivity index (χ3v) is 3.39. The second-order valence-electron chi connectivity index (χ2n) is 3.98. The summed E-state index contributed by atoms with van der Waals surface area (Å²) in [6, 6.07) is 8.02. The SMILES string of the molecule is O=C(c1ccc(OC(F)F)cc1)c1c(Cl)cc(Cl)cc1Cl. The van der Waals surface area contributed by atoms with Crippen LogP contribution in [0.25, 0.3) is 0 Å². The first-order valence-corrected chi connectivity index (χ1v) is 6.76. The molecular weight excluding hydrogens is 345 g/mol. The summed E-state index contributed by atoms with van der Waals surface area (Å²) in [5, 5.41) is 0.540. The number of benzene rings is 2. The molecule has 0 aliphatic heterocycles. The lowest BCUT2D eigenvalue weighted by molar-refractivity contribution is -0.0498. The number of ether oxygens (including phenoxy) is 1. The summed E-state index contributed by atoms with van der Waals surface area (Å²) in [5.74, 6) is -0.486. The second kappa shape index (κ2) is 6.60. The summed E-state index contributed by atoms with van der Waals surface area (Å²) < 4.78 is 28.3. The minimum absolute atomic E-state index is 0.0464. The smallest absolute Gasteiger partial charge is 0.387 e. The first-order valence-electron chi connectivity index (χ1n) is 5.62. The Morgan fingerprint density at radius 2 is 1.52 bits per heavy atom. The van der Waals surface area contributed by atoms with Gasteiger partial charge in [0.1, 0.15) is 5.75 Å². The summed E-state index contributed by atoms with van der Waals surface area (Å²) in [6.07, 6.45) is 0. The molecule has 0 heterocycles. The van der Waals surface area contributed by atoms with Gasteiger partial charge in [-0.2, -0.15) is 8.78 Å². The predicted octanol–water partition coefficient (Wildman–Crippen LogP) is 5.48. The van der Waals surface area contributed by atoms with Crippen LogP contribution in [0.4, 0.5) is 8.78 Å². The van der Waals surface area contributed by atoms with E-state index in [4.69, 9.17) is 34.8 Å². The second-order valence-corrected chi connectivity index (χ2v) is 5.23. The van der Waals surface area contributed by atoms with Crippen LogP contribution in [-0.4, -0.2) is 12.4 Å². The van der Waals surface area contributed by atoms with Crippen LogP contribution in [0.3, 0.4) is 0 Å². The van der Waals surface area contributed by atoms with Crippen molar-refractivity contribution in [3.63, 3.8) is 0 Å². The van der Waals surface area contributed by atoms with Gasteiger partial charge < -0.3 is 4.74 Å². The Hall–Kier alpha value is -1.36. The highest BCUT2D eigenvalue weighted by Crippen LogP contribution is 2.31. The van der Waals surface area contributed by atoms with Gasteiger partial charge in [0.15, 0.2) is 5.78 Å². The first kappa shape index (κ1) is 16.0. The maximum atomic E-state index is 12.3. The highest BCUT2D eigenvalue weighted by molar-refractivity contribution is 6.43. The number of ketones is 1. The van der Waals surface area contributed by atoms with Crippen LogP contribution in [0.2, 0.25) is 15.1 Å². The van der Waals surface area contributed by atoms with Crippen LogP contribution in [0, 0.1) is 0 Å². The molecule has 0 saturated carbocycles. The topological polar surface area (TPSA) is 26.3 Å². The molecule has 7 heteroatoms. The number of rotatable bonds is 4. The van der Waals surface area contributed by atoms with Crippen molar-refractivity contribution in [2.75, 3.05) is 0 Å². The van der Waals surface area contributed by atoms with E-state index in [2.05, 4.69) is 4.74 Å². The Labute approximate surface area is 134 Å². The van der Waals surface area contributed by atoms with Crippen molar-refractivity contribution in [3.05, 3.63) is 62.6 Å². The van der Waals surface area contributed by atoms with Gasteiger partial charge in [-0.3, -0.25) is 4.79 Å². The Morgan fingerprint density at radius 1 is 1.00 bits per heavy atom. The highest BCUT2D eigenvalue weighted by atomic mass is 35.5. The van der Waals surface area contributed by atoms with Crippen LogP contribution in [0.1, 0.15) is 15.9 Å². The van der Waals surface area contributed by atoms with Gasteiger partial charge in [-0.1, -0.05) is 34.8 Å². The molecule has 0 amide bonds. The zero-order valence-electron chi connectivity index (χ0n) is 10.2. The molecule has 0 aliphatic rings. The molecule has 0 bridgehead atoms. The van der Waals surface area contributed by atoms with Crippen molar-refractivity contribution >= 4 is 40.6 Å². The molecular formula is C14H7Cl3F2O2. The summed E-state index contributed by atoms with van der Waals surface area (Å²) in [6.45, 7) is -2.92. The Bertz CT molecular complexity index is 649. The molecule has 2 rings (SSSR count). The summed E-state index contributed by atoms with van der Waals surface area (Å²) >= 11 is 17.7. The minimum Gasteiger partial charge on any atom is -0.435 e. The molecule has 2 aromatic rings. The monoisotopic (exact) mass is 350 g/mol. The lowest BCUT2D eigenvalue weighted by Gasteiger charge is -2.08. The predicted molar refractivity (Wildman–Crippen MR) is 78.0 cm³/mol. The third kappa shape index (κ3) is 3.84. The first-order chi connectivity index (χ1) is 9.88. The standard InChI is InChI=1S/C14H7Cl3F2O2/c15-8-5-10(16)12(11(17)6-8)13(20)7-1-3-9(4-2-7)21-14(18)19/h1-6,14H. The maximum absolute atomic E-state index is 12.3. The van der Waals surface area contributed by atoms with Crippen LogP contribution in [0.5, 0.6) is 5.75 Å². The molecule has 0 spiro atoms. The fraction of sp³-hybridized carbons (Fsp3) is 0.0714. The molecule has 0 saturated heterocycles. The molecule has 0 N–H and O–H groups in total. The molecule has 2 nitrogen and oxygen atoms in total. The number of carbonyl (C=O) groups excluding carboxylic acids is 1. The maximum Gasteiger partial charge on any atom is 0.387 e. The molecule has 0 fully saturated rings. The van der Waals surface area contributed by atoms with E-state index in [9.17, 15) is 13.6 Å². The normalized spacial score (nSPS) is 10.8. The van der Waals surface area contributed by atoms with E-state index >= 15 is 0 Å². The molecule has 0 aromatic heterocycles. The Kier molecular flexibility index (Phi) is 5.04. The van der Waals surface area contributed by atoms with Gasteiger partial charge in [0, 0.05) is 10.6 Å². The average Bonchev–Trinajstić information content (AvgIpc) is 2.37. The van der Waals surface area contributed by atoms with Gasteiger partial charge in [-0.25, -0.2) is 0 Å². The quantitative estimate of drug-likeness (QED) is 0.682. The van der Waals surface area contributed by atoms with Crippen molar-refractivity contribution in [2.45, 2.75) is 6.61 Å². The molecule has 0 aliphatic carbocycles. The lowest BCUT2D eigenvalue weighted by Crippen LogP contribution is -2.05. The fourth-order valence-electron chi connectivity index (χ4n) is 1.69. The average molecular weight is 352 g/mol. The van der Waals surface area contributed by atoms with Crippen LogP contribution in [0.15, 0.2) is 36.4 Å². The zero-order chi connectivity index (χ0) is 15.6. The zero-order valence-corrected chi connectivity index (χ0v) is 12.5. The molecule has 110 valence electrons. The third-order valence-electron chi connectivity index (χ3n) is 2.58. The van der Waals surface area contributed by atoms with Crippen molar-refractivity contribution in [1.29, 1.82) is 0 Å². The van der Waals surface area contributed by atoms with Crippen LogP contribution in [-0.2, 0) is 0 Å². The largest absolute Gasteiger partial charge is 0.435 e. The van der Waals surface area contributed by atoms with E-state index in [0.717, 1.165) is 0 Å². The molecule has 21 heavy (non-hydrogen) atoms. The fourth-order valence-corrected chi connectivity index (χ4v) is 2.68. The number of alkyl halides is 2. The van der Waals surface area contributed by atoms with Gasteiger partial charge in [0.25, 0.3) is 0 Å². The summed E-state index contributed by atoms with van der Waals surface area (Å²) in [7, 11) is 0.